The third kappa shape index (κ3) is 4.16. The zero-order valence-electron chi connectivity index (χ0n) is 17.0. The van der Waals surface area contributed by atoms with Crippen molar-refractivity contribution in [3.8, 4) is 11.1 Å². The van der Waals surface area contributed by atoms with E-state index in [1.807, 2.05) is 0 Å². The van der Waals surface area contributed by atoms with Crippen LogP contribution in [-0.2, 0) is 16.5 Å². The molecule has 3 aromatic rings. The van der Waals surface area contributed by atoms with Crippen LogP contribution in [0.5, 0.6) is 0 Å². The number of nitrogens with one attached hydrogen (secondary N) is 3. The molecule has 33 heavy (non-hydrogen) atoms. The highest BCUT2D eigenvalue weighted by molar-refractivity contribution is 7.10. The van der Waals surface area contributed by atoms with Crippen molar-refractivity contribution in [2.45, 2.75) is 18.6 Å². The number of aryl methyl sites for hydroxylation is 1. The number of halogens is 3. The molecule has 1 aliphatic heterocycles. The number of amides is 4. The van der Waals surface area contributed by atoms with Gasteiger partial charge in [-0.3, -0.25) is 19.9 Å². The number of hydrogen-bond acceptors (Lipinski definition) is 6. The smallest absolute Gasteiger partial charge is 0.349 e. The SMILES string of the molecule is Cc1ncsc1C1(CNC(=O)c2ccccc2-c2ccc(C(F)(F)F)nc2)NC(=O)NC1=O. The molecule has 0 saturated carbocycles. The molecule has 1 aliphatic rings. The lowest BCUT2D eigenvalue weighted by atomic mass is 9.95. The maximum absolute atomic E-state index is 13.0. The van der Waals surface area contributed by atoms with Gasteiger partial charge in [0.25, 0.3) is 11.8 Å². The summed E-state index contributed by atoms with van der Waals surface area (Å²) in [5, 5.41) is 7.41. The van der Waals surface area contributed by atoms with Crippen molar-refractivity contribution in [2.24, 2.45) is 0 Å². The highest BCUT2D eigenvalue weighted by Gasteiger charge is 2.50. The summed E-state index contributed by atoms with van der Waals surface area (Å²) in [6.07, 6.45) is -3.54. The van der Waals surface area contributed by atoms with Gasteiger partial charge in [-0.05, 0) is 24.6 Å². The van der Waals surface area contributed by atoms with E-state index in [9.17, 15) is 27.6 Å². The second-order valence-electron chi connectivity index (χ2n) is 7.24. The van der Waals surface area contributed by atoms with Crippen molar-refractivity contribution < 1.29 is 27.6 Å². The van der Waals surface area contributed by atoms with Gasteiger partial charge < -0.3 is 10.6 Å². The Morgan fingerprint density at radius 3 is 2.48 bits per heavy atom. The maximum atomic E-state index is 13.0. The first-order valence-corrected chi connectivity index (χ1v) is 10.4. The molecule has 0 radical (unpaired) electrons. The Bertz CT molecular complexity index is 1240. The van der Waals surface area contributed by atoms with Crippen LogP contribution in [0.2, 0.25) is 0 Å². The molecule has 4 rings (SSSR count). The molecule has 170 valence electrons. The van der Waals surface area contributed by atoms with E-state index >= 15 is 0 Å². The average Bonchev–Trinajstić information content (AvgIpc) is 3.34. The Morgan fingerprint density at radius 2 is 1.91 bits per heavy atom. The summed E-state index contributed by atoms with van der Waals surface area (Å²) in [6.45, 7) is 1.42. The van der Waals surface area contributed by atoms with Crippen LogP contribution < -0.4 is 16.0 Å². The van der Waals surface area contributed by atoms with Gasteiger partial charge in [-0.15, -0.1) is 11.3 Å². The van der Waals surface area contributed by atoms with Gasteiger partial charge in [-0.25, -0.2) is 9.78 Å². The molecular formula is C21H16F3N5O3S. The summed E-state index contributed by atoms with van der Waals surface area (Å²) in [5.41, 5.74) is 0.329. The van der Waals surface area contributed by atoms with Crippen molar-refractivity contribution >= 4 is 29.2 Å². The van der Waals surface area contributed by atoms with Gasteiger partial charge >= 0.3 is 12.2 Å². The molecule has 1 fully saturated rings. The van der Waals surface area contributed by atoms with E-state index in [0.29, 0.717) is 21.7 Å². The molecule has 3 heterocycles. The number of alkyl halides is 3. The number of nitrogens with zero attached hydrogens (tertiary/aromatic N) is 2. The number of urea groups is 1. The molecule has 4 amide bonds. The third-order valence-electron chi connectivity index (χ3n) is 5.13. The van der Waals surface area contributed by atoms with Crippen LogP contribution >= 0.6 is 11.3 Å². The van der Waals surface area contributed by atoms with Crippen LogP contribution in [0.4, 0.5) is 18.0 Å². The monoisotopic (exact) mass is 475 g/mol. The normalized spacial score (nSPS) is 18.1. The molecular weight excluding hydrogens is 459 g/mol. The third-order valence-corrected chi connectivity index (χ3v) is 6.22. The van der Waals surface area contributed by atoms with Gasteiger partial charge in [-0.2, -0.15) is 13.2 Å². The van der Waals surface area contributed by atoms with Crippen LogP contribution in [0.15, 0.2) is 48.1 Å². The van der Waals surface area contributed by atoms with E-state index in [1.165, 1.54) is 17.6 Å². The summed E-state index contributed by atoms with van der Waals surface area (Å²) in [5.74, 6) is -1.21. The largest absolute Gasteiger partial charge is 0.433 e. The molecule has 12 heteroatoms. The second kappa shape index (κ2) is 8.28. The zero-order valence-corrected chi connectivity index (χ0v) is 17.8. The molecule has 0 aliphatic carbocycles. The van der Waals surface area contributed by atoms with E-state index < -0.39 is 35.3 Å². The van der Waals surface area contributed by atoms with Gasteiger partial charge in [-0.1, -0.05) is 24.3 Å². The van der Waals surface area contributed by atoms with E-state index in [1.54, 1.807) is 25.1 Å². The Labute approximate surface area is 189 Å². The van der Waals surface area contributed by atoms with E-state index in [4.69, 9.17) is 0 Å². The number of thiazole rings is 1. The van der Waals surface area contributed by atoms with Crippen molar-refractivity contribution in [3.05, 3.63) is 69.9 Å². The summed E-state index contributed by atoms with van der Waals surface area (Å²) < 4.78 is 38.5. The molecule has 2 aromatic heterocycles. The molecule has 1 saturated heterocycles. The number of pyridine rings is 1. The van der Waals surface area contributed by atoms with Crippen LogP contribution in [0, 0.1) is 6.92 Å². The summed E-state index contributed by atoms with van der Waals surface area (Å²) in [7, 11) is 0. The topological polar surface area (TPSA) is 113 Å². The predicted molar refractivity (Wildman–Crippen MR) is 112 cm³/mol. The van der Waals surface area contributed by atoms with Crippen LogP contribution in [0.1, 0.15) is 26.6 Å². The highest BCUT2D eigenvalue weighted by atomic mass is 32.1. The first kappa shape index (κ1) is 22.4. The highest BCUT2D eigenvalue weighted by Crippen LogP contribution is 2.32. The summed E-state index contributed by atoms with van der Waals surface area (Å²) in [6, 6.07) is 7.68. The lowest BCUT2D eigenvalue weighted by Gasteiger charge is -2.25. The zero-order chi connectivity index (χ0) is 23.8. The Kier molecular flexibility index (Phi) is 5.62. The fraction of sp³-hybridized carbons (Fsp3) is 0.190. The molecule has 1 unspecified atom stereocenters. The van der Waals surface area contributed by atoms with Crippen LogP contribution in [0.3, 0.4) is 0 Å². The van der Waals surface area contributed by atoms with Gasteiger partial charge in [0, 0.05) is 17.3 Å². The van der Waals surface area contributed by atoms with E-state index in [2.05, 4.69) is 25.9 Å². The van der Waals surface area contributed by atoms with Gasteiger partial charge in [0.2, 0.25) is 0 Å². The fourth-order valence-corrected chi connectivity index (χ4v) is 4.49. The number of benzene rings is 1. The van der Waals surface area contributed by atoms with Crippen molar-refractivity contribution in [1.29, 1.82) is 0 Å². The Balaban J connectivity index is 1.61. The lowest BCUT2D eigenvalue weighted by Crippen LogP contribution is -2.52. The average molecular weight is 475 g/mol. The minimum Gasteiger partial charge on any atom is -0.349 e. The first-order chi connectivity index (χ1) is 15.6. The van der Waals surface area contributed by atoms with Crippen molar-refractivity contribution in [2.75, 3.05) is 6.54 Å². The van der Waals surface area contributed by atoms with Crippen molar-refractivity contribution in [3.63, 3.8) is 0 Å². The number of hydrogen-bond donors (Lipinski definition) is 3. The molecule has 1 aromatic carbocycles. The number of aromatic nitrogens is 2. The number of carbonyl (C=O) groups excluding carboxylic acids is 3. The van der Waals surface area contributed by atoms with Crippen molar-refractivity contribution in [1.82, 2.24) is 25.9 Å². The van der Waals surface area contributed by atoms with E-state index in [-0.39, 0.29) is 12.1 Å². The number of rotatable bonds is 5. The number of carbonyl (C=O) groups is 3. The minimum atomic E-state index is -4.58. The summed E-state index contributed by atoms with van der Waals surface area (Å²) in [4.78, 5) is 45.6. The van der Waals surface area contributed by atoms with Gasteiger partial charge in [0.15, 0.2) is 5.54 Å². The standard InChI is InChI=1S/C21H16F3N5O3S/c1-11-16(33-10-27-11)20(18(31)28-19(32)29-20)9-26-17(30)14-5-3-2-4-13(14)12-6-7-15(25-8-12)21(22,23)24/h2-8,10H,9H2,1H3,(H,26,30)(H2,28,29,31,32). The quantitative estimate of drug-likeness (QED) is 0.491. The predicted octanol–water partition coefficient (Wildman–Crippen LogP) is 3.00. The van der Waals surface area contributed by atoms with Crippen LogP contribution in [-0.4, -0.2) is 34.4 Å². The molecule has 8 nitrogen and oxygen atoms in total. The number of imide groups is 1. The van der Waals surface area contributed by atoms with Gasteiger partial charge in [0.1, 0.15) is 5.69 Å². The van der Waals surface area contributed by atoms with Gasteiger partial charge in [0.05, 0.1) is 22.6 Å². The Hall–Kier alpha value is -3.80. The minimum absolute atomic E-state index is 0.167. The molecule has 0 bridgehead atoms. The molecule has 0 spiro atoms. The first-order valence-electron chi connectivity index (χ1n) is 9.57. The maximum Gasteiger partial charge on any atom is 0.433 e. The lowest BCUT2D eigenvalue weighted by molar-refractivity contribution is -0.141. The van der Waals surface area contributed by atoms with E-state index in [0.717, 1.165) is 23.6 Å². The second-order valence-corrected chi connectivity index (χ2v) is 8.09. The fourth-order valence-electron chi connectivity index (χ4n) is 3.53. The molecule has 1 atom stereocenters. The Morgan fingerprint density at radius 1 is 1.15 bits per heavy atom. The summed E-state index contributed by atoms with van der Waals surface area (Å²) >= 11 is 1.16. The van der Waals surface area contributed by atoms with Crippen LogP contribution in [0.25, 0.3) is 11.1 Å². The molecule has 3 N–H and O–H groups in total.